The van der Waals surface area contributed by atoms with Crippen molar-refractivity contribution in [2.24, 2.45) is 0 Å². The average Bonchev–Trinajstić information content (AvgIpc) is 3.15. The first kappa shape index (κ1) is 17.4. The van der Waals surface area contributed by atoms with Gasteiger partial charge in [0.2, 0.25) is 0 Å². The number of hydrogen-bond donors (Lipinski definition) is 0. The smallest absolute Gasteiger partial charge is 0.260 e. The van der Waals surface area contributed by atoms with Gasteiger partial charge in [0.05, 0.1) is 16.8 Å². The molecular formula is C23H20N2OS. The van der Waals surface area contributed by atoms with E-state index in [1.54, 1.807) is 16.2 Å². The summed E-state index contributed by atoms with van der Waals surface area (Å²) >= 11 is 1.56. The lowest BCUT2D eigenvalue weighted by atomic mass is 10.1. The van der Waals surface area contributed by atoms with Gasteiger partial charge < -0.3 is 0 Å². The van der Waals surface area contributed by atoms with Crippen LogP contribution in [0.15, 0.2) is 72.8 Å². The zero-order valence-corrected chi connectivity index (χ0v) is 16.2. The van der Waals surface area contributed by atoms with Crippen LogP contribution in [0.25, 0.3) is 10.2 Å². The van der Waals surface area contributed by atoms with Gasteiger partial charge >= 0.3 is 0 Å². The molecule has 0 N–H and O–H groups in total. The van der Waals surface area contributed by atoms with Gasteiger partial charge in [0.15, 0.2) is 5.13 Å². The number of aromatic nitrogens is 1. The minimum Gasteiger partial charge on any atom is -0.279 e. The van der Waals surface area contributed by atoms with Crippen LogP contribution in [0.5, 0.6) is 0 Å². The van der Waals surface area contributed by atoms with E-state index in [0.29, 0.717) is 12.1 Å². The number of hydrogen-bond acceptors (Lipinski definition) is 3. The molecule has 4 rings (SSSR count). The summed E-state index contributed by atoms with van der Waals surface area (Å²) in [7, 11) is 0. The summed E-state index contributed by atoms with van der Waals surface area (Å²) in [6.07, 6.45) is 0. The van der Waals surface area contributed by atoms with E-state index in [4.69, 9.17) is 4.98 Å². The Hall–Kier alpha value is -2.98. The van der Waals surface area contributed by atoms with E-state index < -0.39 is 0 Å². The number of carbonyl (C=O) groups is 1. The summed E-state index contributed by atoms with van der Waals surface area (Å²) < 4.78 is 1.10. The molecule has 1 amide bonds. The summed E-state index contributed by atoms with van der Waals surface area (Å²) in [6, 6.07) is 23.6. The van der Waals surface area contributed by atoms with E-state index in [9.17, 15) is 4.79 Å². The highest BCUT2D eigenvalue weighted by Crippen LogP contribution is 2.33. The number of nitrogens with zero attached hydrogens (tertiary/aromatic N) is 2. The molecule has 0 saturated heterocycles. The van der Waals surface area contributed by atoms with Crippen LogP contribution in [0.4, 0.5) is 5.13 Å². The first-order valence-electron chi connectivity index (χ1n) is 8.91. The average molecular weight is 372 g/mol. The maximum absolute atomic E-state index is 13.3. The Balaban J connectivity index is 1.80. The fourth-order valence-electron chi connectivity index (χ4n) is 3.06. The standard InChI is InChI=1S/C23H20N2OS/c1-16-13-14-20-21(17(16)2)24-23(27-20)25(15-18-9-5-3-6-10-18)22(26)19-11-7-4-8-12-19/h3-14H,15H2,1-2H3. The molecular weight excluding hydrogens is 352 g/mol. The number of amides is 1. The summed E-state index contributed by atoms with van der Waals surface area (Å²) in [5.41, 5.74) is 5.11. The Labute approximate surface area is 162 Å². The molecule has 1 heterocycles. The topological polar surface area (TPSA) is 33.2 Å². The van der Waals surface area contributed by atoms with Crippen molar-refractivity contribution in [2.45, 2.75) is 20.4 Å². The second-order valence-corrected chi connectivity index (χ2v) is 7.60. The number of rotatable bonds is 4. The van der Waals surface area contributed by atoms with Crippen LogP contribution in [0.1, 0.15) is 27.0 Å². The molecule has 0 bridgehead atoms. The van der Waals surface area contributed by atoms with Crippen LogP contribution < -0.4 is 4.90 Å². The fourth-order valence-corrected chi connectivity index (χ4v) is 4.08. The summed E-state index contributed by atoms with van der Waals surface area (Å²) in [5.74, 6) is -0.0344. The molecule has 0 saturated carbocycles. The quantitative estimate of drug-likeness (QED) is 0.456. The number of aryl methyl sites for hydroxylation is 2. The first-order chi connectivity index (χ1) is 13.1. The highest BCUT2D eigenvalue weighted by molar-refractivity contribution is 7.22. The maximum Gasteiger partial charge on any atom is 0.260 e. The molecule has 3 nitrogen and oxygen atoms in total. The number of anilines is 1. The molecule has 0 fully saturated rings. The molecule has 0 atom stereocenters. The molecule has 0 spiro atoms. The third-order valence-electron chi connectivity index (χ3n) is 4.75. The lowest BCUT2D eigenvalue weighted by molar-refractivity contribution is 0.0985. The van der Waals surface area contributed by atoms with Crippen molar-refractivity contribution < 1.29 is 4.79 Å². The normalized spacial score (nSPS) is 10.9. The fraction of sp³-hybridized carbons (Fsp3) is 0.130. The Morgan fingerprint density at radius 2 is 1.59 bits per heavy atom. The van der Waals surface area contributed by atoms with E-state index in [1.807, 2.05) is 60.7 Å². The molecule has 3 aromatic carbocycles. The van der Waals surface area contributed by atoms with Crippen molar-refractivity contribution in [1.29, 1.82) is 0 Å². The number of benzene rings is 3. The Bertz CT molecular complexity index is 1090. The van der Waals surface area contributed by atoms with Crippen molar-refractivity contribution in [3.63, 3.8) is 0 Å². The molecule has 134 valence electrons. The highest BCUT2D eigenvalue weighted by atomic mass is 32.1. The lowest BCUT2D eigenvalue weighted by Gasteiger charge is -2.20. The van der Waals surface area contributed by atoms with E-state index >= 15 is 0 Å². The van der Waals surface area contributed by atoms with Crippen LogP contribution in [-0.2, 0) is 6.54 Å². The number of carbonyl (C=O) groups excluding carboxylic acids is 1. The zero-order valence-electron chi connectivity index (χ0n) is 15.3. The number of fused-ring (bicyclic) bond motifs is 1. The van der Waals surface area contributed by atoms with Crippen molar-refractivity contribution in [3.05, 3.63) is 95.1 Å². The minimum absolute atomic E-state index is 0.0344. The van der Waals surface area contributed by atoms with Gasteiger partial charge in [0.25, 0.3) is 5.91 Å². The van der Waals surface area contributed by atoms with Crippen molar-refractivity contribution in [1.82, 2.24) is 4.98 Å². The van der Waals surface area contributed by atoms with Gasteiger partial charge in [0.1, 0.15) is 0 Å². The Morgan fingerprint density at radius 1 is 0.926 bits per heavy atom. The lowest BCUT2D eigenvalue weighted by Crippen LogP contribution is -2.30. The molecule has 0 radical (unpaired) electrons. The van der Waals surface area contributed by atoms with Gasteiger partial charge in [-0.3, -0.25) is 9.69 Å². The molecule has 1 aromatic heterocycles. The molecule has 27 heavy (non-hydrogen) atoms. The minimum atomic E-state index is -0.0344. The second kappa shape index (κ2) is 7.33. The summed E-state index contributed by atoms with van der Waals surface area (Å²) in [4.78, 5) is 19.9. The van der Waals surface area contributed by atoms with Crippen molar-refractivity contribution in [2.75, 3.05) is 4.90 Å². The van der Waals surface area contributed by atoms with Crippen LogP contribution in [-0.4, -0.2) is 10.9 Å². The van der Waals surface area contributed by atoms with Gasteiger partial charge in [-0.05, 0) is 48.7 Å². The predicted molar refractivity (Wildman–Crippen MR) is 112 cm³/mol. The SMILES string of the molecule is Cc1ccc2sc(N(Cc3ccccc3)C(=O)c3ccccc3)nc2c1C. The van der Waals surface area contributed by atoms with Crippen LogP contribution >= 0.6 is 11.3 Å². The predicted octanol–water partition coefficient (Wildman–Crippen LogP) is 5.76. The van der Waals surface area contributed by atoms with Crippen LogP contribution in [0, 0.1) is 13.8 Å². The monoisotopic (exact) mass is 372 g/mol. The Morgan fingerprint density at radius 3 is 2.30 bits per heavy atom. The third kappa shape index (κ3) is 3.49. The van der Waals surface area contributed by atoms with E-state index in [1.165, 1.54) is 11.1 Å². The van der Waals surface area contributed by atoms with Gasteiger partial charge in [-0.2, -0.15) is 0 Å². The molecule has 0 aliphatic carbocycles. The van der Waals surface area contributed by atoms with Gasteiger partial charge in [-0.25, -0.2) is 4.98 Å². The molecule has 0 aliphatic heterocycles. The number of thiazole rings is 1. The van der Waals surface area contributed by atoms with E-state index in [2.05, 4.69) is 26.0 Å². The summed E-state index contributed by atoms with van der Waals surface area (Å²) in [5, 5.41) is 0.733. The summed E-state index contributed by atoms with van der Waals surface area (Å²) in [6.45, 7) is 4.67. The largest absolute Gasteiger partial charge is 0.279 e. The maximum atomic E-state index is 13.3. The van der Waals surface area contributed by atoms with Crippen LogP contribution in [0.3, 0.4) is 0 Å². The van der Waals surface area contributed by atoms with E-state index in [-0.39, 0.29) is 5.91 Å². The van der Waals surface area contributed by atoms with Crippen molar-refractivity contribution in [3.8, 4) is 0 Å². The highest BCUT2D eigenvalue weighted by Gasteiger charge is 2.22. The molecule has 4 aromatic rings. The third-order valence-corrected chi connectivity index (χ3v) is 5.80. The zero-order chi connectivity index (χ0) is 18.8. The van der Waals surface area contributed by atoms with Gasteiger partial charge in [0, 0.05) is 5.56 Å². The molecule has 0 unspecified atom stereocenters. The van der Waals surface area contributed by atoms with Crippen LogP contribution in [0.2, 0.25) is 0 Å². The Kier molecular flexibility index (Phi) is 4.73. The second-order valence-electron chi connectivity index (χ2n) is 6.59. The van der Waals surface area contributed by atoms with Crippen molar-refractivity contribution >= 4 is 32.6 Å². The van der Waals surface area contributed by atoms with Gasteiger partial charge in [-0.1, -0.05) is 65.9 Å². The van der Waals surface area contributed by atoms with E-state index in [0.717, 1.165) is 20.9 Å². The molecule has 0 aliphatic rings. The van der Waals surface area contributed by atoms with Gasteiger partial charge in [-0.15, -0.1) is 0 Å². The first-order valence-corrected chi connectivity index (χ1v) is 9.73. The molecule has 4 heteroatoms.